The third-order valence-electron chi connectivity index (χ3n) is 3.45. The molecule has 0 radical (unpaired) electrons. The first-order chi connectivity index (χ1) is 9.52. The highest BCUT2D eigenvalue weighted by molar-refractivity contribution is 5.88. The minimum atomic E-state index is -1.36. The Balaban J connectivity index is 2.10. The summed E-state index contributed by atoms with van der Waals surface area (Å²) in [6.45, 7) is 1.99. The third-order valence-corrected chi connectivity index (χ3v) is 3.45. The number of aliphatic hydroxyl groups excluding tert-OH is 4. The number of aryl methyl sites for hydroxylation is 1. The maximum Gasteiger partial charge on any atom is 0.139 e. The molecule has 6 nitrogen and oxygen atoms in total. The first kappa shape index (κ1) is 14.9. The summed E-state index contributed by atoms with van der Waals surface area (Å²) in [5.74, 6) is 0.183. The largest absolute Gasteiger partial charge is 0.394 e. The Bertz CT molecular complexity index is 473. The fraction of sp³-hybridized carbons (Fsp3) is 0.500. The molecule has 1 aliphatic heterocycles. The molecule has 4 atom stereocenters. The van der Waals surface area contributed by atoms with Gasteiger partial charge >= 0.3 is 0 Å². The molecule has 1 fully saturated rings. The molecule has 20 heavy (non-hydrogen) atoms. The van der Waals surface area contributed by atoms with E-state index in [0.717, 1.165) is 11.1 Å². The van der Waals surface area contributed by atoms with Crippen molar-refractivity contribution < 1.29 is 20.4 Å². The lowest BCUT2D eigenvalue weighted by atomic mass is 9.95. The number of hydrogen-bond donors (Lipinski definition) is 5. The van der Waals surface area contributed by atoms with Crippen LogP contribution in [0.5, 0.6) is 0 Å². The average molecular weight is 280 g/mol. The maximum atomic E-state index is 9.86. The van der Waals surface area contributed by atoms with Crippen LogP contribution < -0.4 is 5.32 Å². The lowest BCUT2D eigenvalue weighted by Crippen LogP contribution is -2.63. The molecule has 0 aliphatic carbocycles. The van der Waals surface area contributed by atoms with Crippen molar-refractivity contribution in [1.29, 1.82) is 0 Å². The van der Waals surface area contributed by atoms with Crippen molar-refractivity contribution in [1.82, 2.24) is 5.32 Å². The summed E-state index contributed by atoms with van der Waals surface area (Å²) in [7, 11) is 0. The van der Waals surface area contributed by atoms with Gasteiger partial charge in [0.2, 0.25) is 0 Å². The predicted molar refractivity (Wildman–Crippen MR) is 74.3 cm³/mol. The van der Waals surface area contributed by atoms with E-state index in [9.17, 15) is 15.3 Å². The Morgan fingerprint density at radius 3 is 2.35 bits per heavy atom. The van der Waals surface area contributed by atoms with Crippen molar-refractivity contribution in [2.45, 2.75) is 37.8 Å². The lowest BCUT2D eigenvalue weighted by molar-refractivity contribution is -0.0681. The highest BCUT2D eigenvalue weighted by Gasteiger charge is 2.39. The summed E-state index contributed by atoms with van der Waals surface area (Å²) in [6.07, 6.45) is -3.86. The van der Waals surface area contributed by atoms with E-state index in [0.29, 0.717) is 6.54 Å². The zero-order chi connectivity index (χ0) is 14.7. The molecule has 0 bridgehead atoms. The van der Waals surface area contributed by atoms with E-state index >= 15 is 0 Å². The van der Waals surface area contributed by atoms with Crippen LogP contribution in [0.4, 0.5) is 0 Å². The van der Waals surface area contributed by atoms with E-state index < -0.39 is 24.4 Å². The molecule has 0 saturated carbocycles. The summed E-state index contributed by atoms with van der Waals surface area (Å²) in [5.41, 5.74) is 2.12. The fourth-order valence-corrected chi connectivity index (χ4v) is 2.11. The van der Waals surface area contributed by atoms with E-state index in [-0.39, 0.29) is 12.4 Å². The van der Waals surface area contributed by atoms with Crippen LogP contribution in [-0.4, -0.2) is 57.2 Å². The summed E-state index contributed by atoms with van der Waals surface area (Å²) < 4.78 is 0. The minimum Gasteiger partial charge on any atom is -0.394 e. The van der Waals surface area contributed by atoms with Crippen molar-refractivity contribution >= 4 is 5.84 Å². The van der Waals surface area contributed by atoms with Gasteiger partial charge in [0.15, 0.2) is 0 Å². The molecule has 0 spiro atoms. The molecule has 1 aromatic carbocycles. The van der Waals surface area contributed by atoms with Crippen molar-refractivity contribution in [3.05, 3.63) is 35.4 Å². The predicted octanol–water partition coefficient (Wildman–Crippen LogP) is -1.06. The van der Waals surface area contributed by atoms with Gasteiger partial charge in [-0.1, -0.05) is 29.8 Å². The monoisotopic (exact) mass is 280 g/mol. The van der Waals surface area contributed by atoms with Gasteiger partial charge in [-0.15, -0.1) is 0 Å². The van der Waals surface area contributed by atoms with Crippen molar-refractivity contribution in [3.8, 4) is 0 Å². The highest BCUT2D eigenvalue weighted by Crippen LogP contribution is 2.13. The van der Waals surface area contributed by atoms with Gasteiger partial charge in [-0.05, 0) is 12.5 Å². The van der Waals surface area contributed by atoms with Crippen LogP contribution in [0, 0.1) is 6.92 Å². The SMILES string of the molecule is Cc1ccc(CN=C2NC(CO)[C@H](O)[C@H](O)C2O)cc1. The summed E-state index contributed by atoms with van der Waals surface area (Å²) in [6, 6.07) is 7.07. The number of hydrogen-bond acceptors (Lipinski definition) is 5. The second-order valence-corrected chi connectivity index (χ2v) is 5.05. The van der Waals surface area contributed by atoms with Gasteiger partial charge in [0, 0.05) is 0 Å². The summed E-state index contributed by atoms with van der Waals surface area (Å²) >= 11 is 0. The number of nitrogens with one attached hydrogen (secondary N) is 1. The number of piperidine rings is 1. The quantitative estimate of drug-likeness (QED) is 0.485. The van der Waals surface area contributed by atoms with Crippen LogP contribution in [0.1, 0.15) is 11.1 Å². The fourth-order valence-electron chi connectivity index (χ4n) is 2.11. The van der Waals surface area contributed by atoms with Crippen molar-refractivity contribution in [3.63, 3.8) is 0 Å². The van der Waals surface area contributed by atoms with Crippen molar-refractivity contribution in [2.24, 2.45) is 4.99 Å². The van der Waals surface area contributed by atoms with Gasteiger partial charge in [-0.25, -0.2) is 0 Å². The Morgan fingerprint density at radius 1 is 1.10 bits per heavy atom. The van der Waals surface area contributed by atoms with Crippen LogP contribution in [0.15, 0.2) is 29.3 Å². The molecular weight excluding hydrogens is 260 g/mol. The Hall–Kier alpha value is -1.47. The molecule has 2 rings (SSSR count). The number of nitrogens with zero attached hydrogens (tertiary/aromatic N) is 1. The Kier molecular flexibility index (Phi) is 4.72. The second kappa shape index (κ2) is 6.32. The molecule has 5 N–H and O–H groups in total. The zero-order valence-electron chi connectivity index (χ0n) is 11.3. The van der Waals surface area contributed by atoms with Crippen LogP contribution in [-0.2, 0) is 6.54 Å². The molecule has 0 aromatic heterocycles. The van der Waals surface area contributed by atoms with E-state index in [4.69, 9.17) is 5.11 Å². The molecule has 1 saturated heterocycles. The number of aliphatic imine (C=N–C) groups is 1. The molecule has 1 aromatic rings. The molecule has 1 heterocycles. The van der Waals surface area contributed by atoms with Crippen LogP contribution in [0.25, 0.3) is 0 Å². The van der Waals surface area contributed by atoms with Gasteiger partial charge in [0.25, 0.3) is 0 Å². The Labute approximate surface area is 117 Å². The van der Waals surface area contributed by atoms with Gasteiger partial charge in [0.1, 0.15) is 24.1 Å². The summed E-state index contributed by atoms with van der Waals surface area (Å²) in [5, 5.41) is 41.1. The van der Waals surface area contributed by atoms with Gasteiger partial charge in [-0.2, -0.15) is 0 Å². The molecule has 2 unspecified atom stereocenters. The van der Waals surface area contributed by atoms with E-state index in [1.54, 1.807) is 0 Å². The third kappa shape index (κ3) is 3.16. The molecule has 1 aliphatic rings. The van der Waals surface area contributed by atoms with E-state index in [2.05, 4.69) is 10.3 Å². The smallest absolute Gasteiger partial charge is 0.139 e. The topological polar surface area (TPSA) is 105 Å². The first-order valence-electron chi connectivity index (χ1n) is 6.54. The molecule has 0 amide bonds. The minimum absolute atomic E-state index is 0.183. The average Bonchev–Trinajstić information content (AvgIpc) is 2.46. The standard InChI is InChI=1S/C14H20N2O4/c1-8-2-4-9(5-3-8)6-15-14-13(20)12(19)11(18)10(7-17)16-14/h2-5,10-13,17-20H,6-7H2,1H3,(H,15,16)/t10?,11-,12-,13?/m0/s1. The maximum absolute atomic E-state index is 9.86. The van der Waals surface area contributed by atoms with Crippen LogP contribution >= 0.6 is 0 Å². The number of benzene rings is 1. The number of rotatable bonds is 3. The van der Waals surface area contributed by atoms with Gasteiger partial charge in [-0.3, -0.25) is 4.99 Å². The van der Waals surface area contributed by atoms with Gasteiger partial charge < -0.3 is 25.7 Å². The second-order valence-electron chi connectivity index (χ2n) is 5.05. The lowest BCUT2D eigenvalue weighted by Gasteiger charge is -2.36. The highest BCUT2D eigenvalue weighted by atomic mass is 16.4. The van der Waals surface area contributed by atoms with E-state index in [1.807, 2.05) is 31.2 Å². The number of amidine groups is 1. The zero-order valence-corrected chi connectivity index (χ0v) is 11.3. The Morgan fingerprint density at radius 2 is 1.75 bits per heavy atom. The van der Waals surface area contributed by atoms with Gasteiger partial charge in [0.05, 0.1) is 19.2 Å². The number of aliphatic hydroxyl groups is 4. The van der Waals surface area contributed by atoms with Crippen molar-refractivity contribution in [2.75, 3.05) is 6.61 Å². The first-order valence-corrected chi connectivity index (χ1v) is 6.54. The summed E-state index contributed by atoms with van der Waals surface area (Å²) in [4.78, 5) is 4.22. The van der Waals surface area contributed by atoms with Crippen LogP contribution in [0.2, 0.25) is 0 Å². The molecule has 6 heteroatoms. The van der Waals surface area contributed by atoms with E-state index in [1.165, 1.54) is 0 Å². The molecule has 110 valence electrons. The normalized spacial score (nSPS) is 32.1. The molecular formula is C14H20N2O4. The van der Waals surface area contributed by atoms with Crippen LogP contribution in [0.3, 0.4) is 0 Å².